The van der Waals surface area contributed by atoms with E-state index in [1.165, 1.54) is 5.56 Å². The predicted molar refractivity (Wildman–Crippen MR) is 105 cm³/mol. The van der Waals surface area contributed by atoms with Gasteiger partial charge < -0.3 is 4.90 Å². The molecule has 134 valence electrons. The number of benzene rings is 1. The number of rotatable bonds is 7. The van der Waals surface area contributed by atoms with E-state index in [2.05, 4.69) is 37.6 Å². The number of amides is 1. The van der Waals surface area contributed by atoms with E-state index in [-0.39, 0.29) is 17.9 Å². The molecule has 2 rings (SSSR count). The van der Waals surface area contributed by atoms with Crippen LogP contribution in [0.5, 0.6) is 0 Å². The third-order valence-electron chi connectivity index (χ3n) is 4.98. The number of carbonyl (C=O) groups excluding carboxylic acids is 1. The molecule has 0 bridgehead atoms. The lowest BCUT2D eigenvalue weighted by Gasteiger charge is -2.31. The molecule has 25 heavy (non-hydrogen) atoms. The van der Waals surface area contributed by atoms with E-state index in [0.29, 0.717) is 5.92 Å². The molecule has 3 unspecified atom stereocenters. The highest BCUT2D eigenvalue weighted by molar-refractivity contribution is 5.84. The minimum absolute atomic E-state index is 0.0298. The molecule has 1 fully saturated rings. The van der Waals surface area contributed by atoms with Crippen LogP contribution in [0.1, 0.15) is 26.3 Å². The first-order valence-electron chi connectivity index (χ1n) is 8.97. The van der Waals surface area contributed by atoms with Crippen LogP contribution in [0.4, 0.5) is 0 Å². The average molecular weight is 338 g/mol. The fourth-order valence-corrected chi connectivity index (χ4v) is 3.62. The summed E-state index contributed by atoms with van der Waals surface area (Å²) in [5.41, 5.74) is 2.25. The molecule has 3 nitrogen and oxygen atoms in total. The summed E-state index contributed by atoms with van der Waals surface area (Å²) in [5, 5.41) is 0. The number of carbonyl (C=O) groups is 1. The molecule has 1 aliphatic heterocycles. The lowest BCUT2D eigenvalue weighted by molar-refractivity contribution is -0.131. The van der Waals surface area contributed by atoms with Crippen LogP contribution in [0.25, 0.3) is 0 Å². The zero-order valence-electron chi connectivity index (χ0n) is 15.9. The first-order chi connectivity index (χ1) is 12.0. The second-order valence-electron chi connectivity index (χ2n) is 6.91. The van der Waals surface area contributed by atoms with Gasteiger partial charge in [-0.3, -0.25) is 9.69 Å². The summed E-state index contributed by atoms with van der Waals surface area (Å²) < 4.78 is 0. The van der Waals surface area contributed by atoms with Gasteiger partial charge in [-0.1, -0.05) is 55.5 Å². The van der Waals surface area contributed by atoms with E-state index < -0.39 is 0 Å². The van der Waals surface area contributed by atoms with Crippen molar-refractivity contribution < 1.29 is 4.79 Å². The number of likely N-dealkylation sites (tertiary alicyclic amines) is 1. The Kier molecular flexibility index (Phi) is 6.77. The minimum atomic E-state index is -0.0554. The fraction of sp³-hybridized carbons (Fsp3) is 0.409. The Morgan fingerprint density at radius 1 is 1.40 bits per heavy atom. The Hall–Kier alpha value is -2.13. The van der Waals surface area contributed by atoms with Crippen molar-refractivity contribution in [2.24, 2.45) is 11.8 Å². The molecule has 1 aromatic rings. The topological polar surface area (TPSA) is 23.6 Å². The molecule has 0 aromatic heterocycles. The summed E-state index contributed by atoms with van der Waals surface area (Å²) in [6.45, 7) is 11.7. The van der Waals surface area contributed by atoms with Crippen LogP contribution in [0, 0.1) is 11.8 Å². The maximum absolute atomic E-state index is 13.1. The fourth-order valence-electron chi connectivity index (χ4n) is 3.62. The Bertz CT molecular complexity index is 647. The molecule has 0 aliphatic carbocycles. The van der Waals surface area contributed by atoms with E-state index in [0.717, 1.165) is 18.8 Å². The number of nitrogens with zero attached hydrogens (tertiary/aromatic N) is 2. The summed E-state index contributed by atoms with van der Waals surface area (Å²) in [6.07, 6.45) is 7.89. The molecule has 1 aromatic carbocycles. The molecule has 0 radical (unpaired) electrons. The SMILES string of the molecule is C=CC(C1C(=O)N(/C(C)=C/C=C\C)CC1C)N(C)Cc1ccccc1. The Morgan fingerprint density at radius 2 is 2.08 bits per heavy atom. The number of likely N-dealkylation sites (N-methyl/N-ethyl adjacent to an activating group) is 1. The predicted octanol–water partition coefficient (Wildman–Crippen LogP) is 4.25. The highest BCUT2D eigenvalue weighted by atomic mass is 16.2. The molecule has 1 aliphatic rings. The van der Waals surface area contributed by atoms with Gasteiger partial charge in [-0.15, -0.1) is 6.58 Å². The Morgan fingerprint density at radius 3 is 2.68 bits per heavy atom. The van der Waals surface area contributed by atoms with Gasteiger partial charge >= 0.3 is 0 Å². The highest BCUT2D eigenvalue weighted by Crippen LogP contribution is 2.32. The zero-order chi connectivity index (χ0) is 18.4. The van der Waals surface area contributed by atoms with E-state index >= 15 is 0 Å². The maximum Gasteiger partial charge on any atom is 0.232 e. The maximum atomic E-state index is 13.1. The van der Waals surface area contributed by atoms with Crippen LogP contribution in [0.3, 0.4) is 0 Å². The van der Waals surface area contributed by atoms with Gasteiger partial charge in [0.2, 0.25) is 5.91 Å². The van der Waals surface area contributed by atoms with Gasteiger partial charge in [-0.05, 0) is 38.5 Å². The molecular formula is C22H30N2O. The van der Waals surface area contributed by atoms with E-state index in [9.17, 15) is 4.79 Å². The third kappa shape index (κ3) is 4.49. The largest absolute Gasteiger partial charge is 0.316 e. The second-order valence-corrected chi connectivity index (χ2v) is 6.91. The van der Waals surface area contributed by atoms with Gasteiger partial charge in [-0.2, -0.15) is 0 Å². The summed E-state index contributed by atoms with van der Waals surface area (Å²) in [4.78, 5) is 17.2. The molecule has 0 saturated carbocycles. The van der Waals surface area contributed by atoms with E-state index in [4.69, 9.17) is 0 Å². The standard InChI is InChI=1S/C22H30N2O/c1-6-8-12-18(4)24-15-17(3)21(22(24)25)20(7-2)23(5)16-19-13-10-9-11-14-19/h6-14,17,20-21H,2,15-16H2,1,3-5H3/b8-6-,18-12+. The Labute approximate surface area is 152 Å². The second kappa shape index (κ2) is 8.82. The van der Waals surface area contributed by atoms with Crippen molar-refractivity contribution in [3.8, 4) is 0 Å². The molecule has 1 heterocycles. The summed E-state index contributed by atoms with van der Waals surface area (Å²) >= 11 is 0. The smallest absolute Gasteiger partial charge is 0.232 e. The average Bonchev–Trinajstić information content (AvgIpc) is 2.90. The third-order valence-corrected chi connectivity index (χ3v) is 4.98. The van der Waals surface area contributed by atoms with Crippen LogP contribution < -0.4 is 0 Å². The van der Waals surface area contributed by atoms with Crippen LogP contribution in [-0.2, 0) is 11.3 Å². The lowest BCUT2D eigenvalue weighted by Crippen LogP contribution is -2.41. The van der Waals surface area contributed by atoms with Crippen molar-refractivity contribution in [2.45, 2.75) is 33.4 Å². The van der Waals surface area contributed by atoms with Crippen LogP contribution in [0.2, 0.25) is 0 Å². The summed E-state index contributed by atoms with van der Waals surface area (Å²) in [7, 11) is 2.07. The lowest BCUT2D eigenvalue weighted by atomic mass is 9.88. The van der Waals surface area contributed by atoms with E-state index in [1.54, 1.807) is 0 Å². The molecule has 3 heteroatoms. The zero-order valence-corrected chi connectivity index (χ0v) is 15.9. The molecule has 1 saturated heterocycles. The van der Waals surface area contributed by atoms with Crippen molar-refractivity contribution in [3.63, 3.8) is 0 Å². The molecule has 3 atom stereocenters. The van der Waals surface area contributed by atoms with Crippen molar-refractivity contribution in [2.75, 3.05) is 13.6 Å². The number of allylic oxidation sites excluding steroid dienone is 4. The number of hydrogen-bond acceptors (Lipinski definition) is 2. The van der Waals surface area contributed by atoms with Gasteiger partial charge in [0.1, 0.15) is 0 Å². The summed E-state index contributed by atoms with van der Waals surface area (Å²) in [5.74, 6) is 0.443. The van der Waals surface area contributed by atoms with Gasteiger partial charge in [0.15, 0.2) is 0 Å². The molecular weight excluding hydrogens is 308 g/mol. The van der Waals surface area contributed by atoms with Crippen molar-refractivity contribution in [1.29, 1.82) is 0 Å². The van der Waals surface area contributed by atoms with Crippen molar-refractivity contribution in [3.05, 3.63) is 72.5 Å². The van der Waals surface area contributed by atoms with Gasteiger partial charge in [0.25, 0.3) is 0 Å². The molecule has 0 spiro atoms. The summed E-state index contributed by atoms with van der Waals surface area (Å²) in [6, 6.07) is 10.4. The molecule has 0 N–H and O–H groups in total. The van der Waals surface area contributed by atoms with Gasteiger partial charge in [-0.25, -0.2) is 0 Å². The molecule has 1 amide bonds. The highest BCUT2D eigenvalue weighted by Gasteiger charge is 2.43. The quantitative estimate of drug-likeness (QED) is 0.548. The number of hydrogen-bond donors (Lipinski definition) is 0. The van der Waals surface area contributed by atoms with Crippen LogP contribution >= 0.6 is 0 Å². The van der Waals surface area contributed by atoms with Gasteiger partial charge in [0.05, 0.1) is 5.92 Å². The van der Waals surface area contributed by atoms with Gasteiger partial charge in [0, 0.05) is 24.8 Å². The monoisotopic (exact) mass is 338 g/mol. The Balaban J connectivity index is 2.16. The minimum Gasteiger partial charge on any atom is -0.316 e. The first kappa shape index (κ1) is 19.2. The van der Waals surface area contributed by atoms with Crippen molar-refractivity contribution >= 4 is 5.91 Å². The van der Waals surface area contributed by atoms with Crippen molar-refractivity contribution in [1.82, 2.24) is 9.80 Å². The first-order valence-corrected chi connectivity index (χ1v) is 8.97. The van der Waals surface area contributed by atoms with Crippen LogP contribution in [0.15, 0.2) is 66.9 Å². The van der Waals surface area contributed by atoms with Crippen LogP contribution in [-0.4, -0.2) is 35.3 Å². The normalized spacial score (nSPS) is 22.8. The van der Waals surface area contributed by atoms with E-state index in [1.807, 2.05) is 61.3 Å².